The molecule has 1 N–H and O–H groups in total. The van der Waals surface area contributed by atoms with Crippen molar-refractivity contribution >= 4 is 5.91 Å². The number of likely N-dealkylation sites (N-methyl/N-ethyl adjacent to an activating group) is 1. The van der Waals surface area contributed by atoms with Gasteiger partial charge in [-0.2, -0.15) is 0 Å². The van der Waals surface area contributed by atoms with E-state index in [0.29, 0.717) is 6.04 Å². The lowest BCUT2D eigenvalue weighted by atomic mass is 10.1. The monoisotopic (exact) mass is 226 g/mol. The topological polar surface area (TPSA) is 32.3 Å². The second-order valence-electron chi connectivity index (χ2n) is 4.78. The third-order valence-electron chi connectivity index (χ3n) is 3.70. The first-order chi connectivity index (χ1) is 7.70. The first-order valence-corrected chi connectivity index (χ1v) is 6.70. The van der Waals surface area contributed by atoms with E-state index in [1.54, 1.807) is 0 Å². The van der Waals surface area contributed by atoms with Crippen molar-refractivity contribution in [3.05, 3.63) is 0 Å². The number of amides is 1. The molecule has 1 fully saturated rings. The molecule has 1 unspecified atom stereocenters. The first kappa shape index (κ1) is 13.5. The third-order valence-corrected chi connectivity index (χ3v) is 3.70. The molecule has 1 aliphatic heterocycles. The molecular formula is C13H26N2O. The quantitative estimate of drug-likeness (QED) is 0.797. The Labute approximate surface area is 99.6 Å². The minimum Gasteiger partial charge on any atom is -0.341 e. The Morgan fingerprint density at radius 2 is 2.00 bits per heavy atom. The lowest BCUT2D eigenvalue weighted by Crippen LogP contribution is -2.48. The average molecular weight is 226 g/mol. The number of nitrogens with zero attached hydrogens (tertiary/aromatic N) is 1. The average Bonchev–Trinajstić information content (AvgIpc) is 2.58. The summed E-state index contributed by atoms with van der Waals surface area (Å²) in [5.41, 5.74) is 0. The lowest BCUT2D eigenvalue weighted by molar-refractivity contribution is -0.134. The number of rotatable bonds is 4. The van der Waals surface area contributed by atoms with Crippen LogP contribution in [0.4, 0.5) is 0 Å². The minimum atomic E-state index is 0.0631. The van der Waals surface area contributed by atoms with Crippen molar-refractivity contribution in [1.29, 1.82) is 0 Å². The molecule has 0 radical (unpaired) electrons. The Bertz CT molecular complexity index is 202. The highest BCUT2D eigenvalue weighted by atomic mass is 16.2. The van der Waals surface area contributed by atoms with Crippen LogP contribution in [0.5, 0.6) is 0 Å². The van der Waals surface area contributed by atoms with Crippen LogP contribution in [0.2, 0.25) is 0 Å². The maximum absolute atomic E-state index is 12.3. The predicted octanol–water partition coefficient (Wildman–Crippen LogP) is 2.17. The highest BCUT2D eigenvalue weighted by Crippen LogP contribution is 2.13. The van der Waals surface area contributed by atoms with Gasteiger partial charge in [-0.3, -0.25) is 4.79 Å². The van der Waals surface area contributed by atoms with Gasteiger partial charge in [-0.1, -0.05) is 26.7 Å². The number of hydrogen-bond donors (Lipinski definition) is 1. The second kappa shape index (κ2) is 6.89. The maximum Gasteiger partial charge on any atom is 0.239 e. The zero-order valence-electron chi connectivity index (χ0n) is 11.0. The van der Waals surface area contributed by atoms with E-state index in [1.807, 2.05) is 11.9 Å². The smallest absolute Gasteiger partial charge is 0.239 e. The number of nitrogens with one attached hydrogen (secondary N) is 1. The van der Waals surface area contributed by atoms with Crippen LogP contribution in [0.25, 0.3) is 0 Å². The largest absolute Gasteiger partial charge is 0.341 e. The van der Waals surface area contributed by atoms with Crippen LogP contribution in [0.1, 0.15) is 52.4 Å². The van der Waals surface area contributed by atoms with Crippen LogP contribution >= 0.6 is 0 Å². The van der Waals surface area contributed by atoms with Crippen LogP contribution in [0, 0.1) is 0 Å². The highest BCUT2D eigenvalue weighted by molar-refractivity contribution is 5.82. The summed E-state index contributed by atoms with van der Waals surface area (Å²) in [5.74, 6) is 0.288. The Balaban J connectivity index is 2.53. The van der Waals surface area contributed by atoms with Gasteiger partial charge in [-0.25, -0.2) is 0 Å². The molecule has 0 aromatic rings. The third kappa shape index (κ3) is 3.48. The van der Waals surface area contributed by atoms with Crippen LogP contribution in [0.15, 0.2) is 0 Å². The zero-order valence-corrected chi connectivity index (χ0v) is 11.0. The summed E-state index contributed by atoms with van der Waals surface area (Å²) in [4.78, 5) is 14.2. The fourth-order valence-electron chi connectivity index (χ4n) is 2.50. The summed E-state index contributed by atoms with van der Waals surface area (Å²) in [6.07, 6.45) is 6.74. The Morgan fingerprint density at radius 1 is 1.31 bits per heavy atom. The highest BCUT2D eigenvalue weighted by Gasteiger charge is 2.25. The van der Waals surface area contributed by atoms with Crippen molar-refractivity contribution in [3.8, 4) is 0 Å². The lowest BCUT2D eigenvalue weighted by Gasteiger charge is -2.30. The molecule has 1 amide bonds. The van der Waals surface area contributed by atoms with E-state index in [1.165, 1.54) is 19.3 Å². The first-order valence-electron chi connectivity index (χ1n) is 6.70. The van der Waals surface area contributed by atoms with Crippen LogP contribution in [-0.2, 0) is 4.79 Å². The standard InChI is InChI=1S/C13H26N2O/c1-4-11(5-2)15(3)13(16)12-9-7-6-8-10-14-12/h11-12,14H,4-10H2,1-3H3. The van der Waals surface area contributed by atoms with Gasteiger partial charge < -0.3 is 10.2 Å². The number of carbonyl (C=O) groups is 1. The van der Waals surface area contributed by atoms with Gasteiger partial charge in [0.05, 0.1) is 6.04 Å². The fourth-order valence-corrected chi connectivity index (χ4v) is 2.50. The zero-order chi connectivity index (χ0) is 12.0. The summed E-state index contributed by atoms with van der Waals surface area (Å²) in [5, 5.41) is 3.37. The molecule has 1 heterocycles. The maximum atomic E-state index is 12.3. The van der Waals surface area contributed by atoms with Crippen molar-refractivity contribution < 1.29 is 4.79 Å². The van der Waals surface area contributed by atoms with E-state index < -0.39 is 0 Å². The van der Waals surface area contributed by atoms with Gasteiger partial charge in [0.25, 0.3) is 0 Å². The summed E-state index contributed by atoms with van der Waals surface area (Å²) in [6, 6.07) is 0.464. The Hall–Kier alpha value is -0.570. The van der Waals surface area contributed by atoms with Gasteiger partial charge in [0.1, 0.15) is 0 Å². The van der Waals surface area contributed by atoms with Gasteiger partial charge in [0.2, 0.25) is 5.91 Å². The molecule has 16 heavy (non-hydrogen) atoms. The molecule has 0 bridgehead atoms. The van der Waals surface area contributed by atoms with E-state index in [-0.39, 0.29) is 11.9 Å². The molecule has 0 aromatic heterocycles. The molecule has 3 nitrogen and oxygen atoms in total. The number of hydrogen-bond acceptors (Lipinski definition) is 2. The van der Waals surface area contributed by atoms with Crippen molar-refractivity contribution in [1.82, 2.24) is 10.2 Å². The predicted molar refractivity (Wildman–Crippen MR) is 67.4 cm³/mol. The molecule has 1 aliphatic rings. The number of carbonyl (C=O) groups excluding carboxylic acids is 1. The van der Waals surface area contributed by atoms with Gasteiger partial charge in [-0.15, -0.1) is 0 Å². The summed E-state index contributed by atoms with van der Waals surface area (Å²) >= 11 is 0. The SMILES string of the molecule is CCC(CC)N(C)C(=O)C1CCCCCN1. The van der Waals surface area contributed by atoms with Gasteiger partial charge >= 0.3 is 0 Å². The Morgan fingerprint density at radius 3 is 2.62 bits per heavy atom. The normalized spacial score (nSPS) is 21.9. The van der Waals surface area contributed by atoms with Gasteiger partial charge in [0, 0.05) is 13.1 Å². The fraction of sp³-hybridized carbons (Fsp3) is 0.923. The summed E-state index contributed by atoms with van der Waals surface area (Å²) in [6.45, 7) is 5.30. The molecule has 94 valence electrons. The molecule has 1 rings (SSSR count). The molecule has 1 atom stereocenters. The molecule has 1 saturated heterocycles. The van der Waals surface area contributed by atoms with Crippen molar-refractivity contribution in [2.75, 3.05) is 13.6 Å². The van der Waals surface area contributed by atoms with Crippen LogP contribution in [0.3, 0.4) is 0 Å². The van der Waals surface area contributed by atoms with Crippen LogP contribution in [-0.4, -0.2) is 36.5 Å². The molecule has 0 saturated carbocycles. The van der Waals surface area contributed by atoms with E-state index in [9.17, 15) is 4.79 Å². The van der Waals surface area contributed by atoms with Crippen molar-refractivity contribution in [2.45, 2.75) is 64.5 Å². The second-order valence-corrected chi connectivity index (χ2v) is 4.78. The summed E-state index contributed by atoms with van der Waals surface area (Å²) in [7, 11) is 1.95. The van der Waals surface area contributed by atoms with Crippen LogP contribution < -0.4 is 5.32 Å². The van der Waals surface area contributed by atoms with Gasteiger partial charge in [0.15, 0.2) is 0 Å². The summed E-state index contributed by atoms with van der Waals surface area (Å²) < 4.78 is 0. The molecule has 0 aromatic carbocycles. The van der Waals surface area contributed by atoms with E-state index >= 15 is 0 Å². The molecular weight excluding hydrogens is 200 g/mol. The van der Waals surface area contributed by atoms with Gasteiger partial charge in [-0.05, 0) is 32.2 Å². The van der Waals surface area contributed by atoms with Crippen molar-refractivity contribution in [3.63, 3.8) is 0 Å². The Kier molecular flexibility index (Phi) is 5.81. The van der Waals surface area contributed by atoms with E-state index in [0.717, 1.165) is 25.8 Å². The van der Waals surface area contributed by atoms with E-state index in [2.05, 4.69) is 19.2 Å². The molecule has 0 spiro atoms. The molecule has 3 heteroatoms. The minimum absolute atomic E-state index is 0.0631. The van der Waals surface area contributed by atoms with Crippen molar-refractivity contribution in [2.24, 2.45) is 0 Å². The van der Waals surface area contributed by atoms with E-state index in [4.69, 9.17) is 0 Å². The molecule has 0 aliphatic carbocycles.